The Hall–Kier alpha value is -3.52. The maximum Gasteiger partial charge on any atom is 0.0548 e. The first-order valence-corrected chi connectivity index (χ1v) is 9.72. The summed E-state index contributed by atoms with van der Waals surface area (Å²) in [5.74, 6) is 0. The zero-order valence-corrected chi connectivity index (χ0v) is 16.0. The summed E-state index contributed by atoms with van der Waals surface area (Å²) in [4.78, 5) is 3.59. The van der Waals surface area contributed by atoms with Crippen LogP contribution < -0.4 is 0 Å². The minimum Gasteiger partial charge on any atom is -0.354 e. The molecule has 2 heteroatoms. The van der Waals surface area contributed by atoms with Crippen LogP contribution in [0.2, 0.25) is 0 Å². The average Bonchev–Trinajstić information content (AvgIpc) is 3.23. The summed E-state index contributed by atoms with van der Waals surface area (Å²) in [5, 5.41) is 5.22. The molecule has 0 saturated heterocycles. The Labute approximate surface area is 163 Å². The van der Waals surface area contributed by atoms with Crippen molar-refractivity contribution in [3.05, 3.63) is 90.0 Å². The summed E-state index contributed by atoms with van der Waals surface area (Å²) in [7, 11) is 0. The van der Waals surface area contributed by atoms with Gasteiger partial charge in [-0.3, -0.25) is 0 Å². The summed E-state index contributed by atoms with van der Waals surface area (Å²) >= 11 is 0. The smallest absolute Gasteiger partial charge is 0.0548 e. The van der Waals surface area contributed by atoms with Crippen LogP contribution in [0.1, 0.15) is 11.1 Å². The monoisotopic (exact) mass is 360 g/mol. The van der Waals surface area contributed by atoms with Crippen LogP contribution in [0.15, 0.2) is 78.9 Å². The molecular weight excluding hydrogens is 340 g/mol. The fourth-order valence-corrected chi connectivity index (χ4v) is 4.53. The van der Waals surface area contributed by atoms with E-state index in [0.29, 0.717) is 0 Å². The Balaban J connectivity index is 1.88. The van der Waals surface area contributed by atoms with Gasteiger partial charge in [-0.2, -0.15) is 0 Å². The van der Waals surface area contributed by atoms with Gasteiger partial charge in [-0.25, -0.2) is 0 Å². The lowest BCUT2D eigenvalue weighted by molar-refractivity contribution is 1.17. The lowest BCUT2D eigenvalue weighted by Crippen LogP contribution is -1.93. The van der Waals surface area contributed by atoms with Gasteiger partial charge in [0, 0.05) is 38.3 Å². The largest absolute Gasteiger partial charge is 0.354 e. The average molecular weight is 360 g/mol. The standard InChI is InChI=1S/C26H20N2/c1-16-7-10-18(11-8-16)28-23-14-13-22-25(19-5-3-4-6-21(19)27-22)26(23)20-12-9-17(2)15-24(20)28/h3-15,27H,1-2H3. The van der Waals surface area contributed by atoms with Crippen LogP contribution in [0.3, 0.4) is 0 Å². The number of para-hydroxylation sites is 1. The van der Waals surface area contributed by atoms with Crippen LogP contribution in [0.4, 0.5) is 0 Å². The number of benzene rings is 4. The highest BCUT2D eigenvalue weighted by molar-refractivity contribution is 6.28. The second-order valence-corrected chi connectivity index (χ2v) is 7.74. The molecule has 0 amide bonds. The summed E-state index contributed by atoms with van der Waals surface area (Å²) < 4.78 is 2.40. The number of aromatic amines is 1. The Kier molecular flexibility index (Phi) is 3.05. The van der Waals surface area contributed by atoms with E-state index in [2.05, 4.69) is 102 Å². The molecule has 28 heavy (non-hydrogen) atoms. The van der Waals surface area contributed by atoms with E-state index in [1.165, 1.54) is 60.4 Å². The van der Waals surface area contributed by atoms with Gasteiger partial charge in [0.05, 0.1) is 11.0 Å². The van der Waals surface area contributed by atoms with Gasteiger partial charge in [-0.15, -0.1) is 0 Å². The van der Waals surface area contributed by atoms with Gasteiger partial charge in [0.15, 0.2) is 0 Å². The van der Waals surface area contributed by atoms with Gasteiger partial charge >= 0.3 is 0 Å². The molecule has 0 aliphatic heterocycles. The first-order chi connectivity index (χ1) is 13.7. The van der Waals surface area contributed by atoms with Gasteiger partial charge in [0.2, 0.25) is 0 Å². The highest BCUT2D eigenvalue weighted by Gasteiger charge is 2.17. The fraction of sp³-hybridized carbons (Fsp3) is 0.0769. The number of rotatable bonds is 1. The predicted molar refractivity (Wildman–Crippen MR) is 120 cm³/mol. The van der Waals surface area contributed by atoms with Crippen molar-refractivity contribution in [3.63, 3.8) is 0 Å². The molecule has 0 fully saturated rings. The topological polar surface area (TPSA) is 20.7 Å². The maximum atomic E-state index is 3.59. The van der Waals surface area contributed by atoms with Crippen LogP contribution >= 0.6 is 0 Å². The number of nitrogens with one attached hydrogen (secondary N) is 1. The second kappa shape index (κ2) is 5.49. The van der Waals surface area contributed by atoms with Crippen molar-refractivity contribution < 1.29 is 0 Å². The third-order valence-electron chi connectivity index (χ3n) is 5.85. The van der Waals surface area contributed by atoms with Crippen molar-refractivity contribution in [1.82, 2.24) is 9.55 Å². The number of aromatic nitrogens is 2. The molecule has 0 aliphatic carbocycles. The maximum absolute atomic E-state index is 3.59. The zero-order valence-electron chi connectivity index (χ0n) is 16.0. The van der Waals surface area contributed by atoms with Gasteiger partial charge < -0.3 is 9.55 Å². The summed E-state index contributed by atoms with van der Waals surface area (Å²) in [6.45, 7) is 4.30. The van der Waals surface area contributed by atoms with E-state index < -0.39 is 0 Å². The van der Waals surface area contributed by atoms with Crippen LogP contribution in [-0.4, -0.2) is 9.55 Å². The van der Waals surface area contributed by atoms with Gasteiger partial charge in [-0.1, -0.05) is 48.0 Å². The quantitative estimate of drug-likeness (QED) is 0.325. The molecule has 0 unspecified atom stereocenters. The first-order valence-electron chi connectivity index (χ1n) is 9.72. The van der Waals surface area contributed by atoms with Crippen LogP contribution in [0.5, 0.6) is 0 Å². The van der Waals surface area contributed by atoms with Gasteiger partial charge in [0.1, 0.15) is 0 Å². The molecule has 4 aromatic carbocycles. The molecule has 0 radical (unpaired) electrons. The van der Waals surface area contributed by atoms with Gasteiger partial charge in [0.25, 0.3) is 0 Å². The zero-order chi connectivity index (χ0) is 18.8. The van der Waals surface area contributed by atoms with E-state index in [0.717, 1.165) is 0 Å². The lowest BCUT2D eigenvalue weighted by atomic mass is 10.0. The number of hydrogen-bond acceptors (Lipinski definition) is 0. The molecular formula is C26H20N2. The number of hydrogen-bond donors (Lipinski definition) is 1. The summed E-state index contributed by atoms with van der Waals surface area (Å²) in [6.07, 6.45) is 0. The first kappa shape index (κ1) is 15.5. The molecule has 0 aliphatic rings. The van der Waals surface area contributed by atoms with Crippen molar-refractivity contribution in [1.29, 1.82) is 0 Å². The summed E-state index contributed by atoms with van der Waals surface area (Å²) in [6, 6.07) is 28.7. The van der Waals surface area contributed by atoms with E-state index in [4.69, 9.17) is 0 Å². The Morgan fingerprint density at radius 3 is 2.25 bits per heavy atom. The van der Waals surface area contributed by atoms with Crippen molar-refractivity contribution in [3.8, 4) is 5.69 Å². The van der Waals surface area contributed by atoms with E-state index in [1.54, 1.807) is 0 Å². The number of nitrogens with zero attached hydrogens (tertiary/aromatic N) is 1. The predicted octanol–water partition coefficient (Wildman–Crippen LogP) is 7.04. The van der Waals surface area contributed by atoms with Crippen molar-refractivity contribution >= 4 is 43.6 Å². The molecule has 2 nitrogen and oxygen atoms in total. The van der Waals surface area contributed by atoms with Crippen molar-refractivity contribution in [2.24, 2.45) is 0 Å². The van der Waals surface area contributed by atoms with Gasteiger partial charge in [-0.05, 0) is 55.8 Å². The Morgan fingerprint density at radius 2 is 1.39 bits per heavy atom. The molecule has 6 rings (SSSR count). The molecule has 6 aromatic rings. The van der Waals surface area contributed by atoms with Crippen LogP contribution in [-0.2, 0) is 0 Å². The molecule has 0 saturated carbocycles. The van der Waals surface area contributed by atoms with Crippen LogP contribution in [0, 0.1) is 13.8 Å². The molecule has 1 N–H and O–H groups in total. The molecule has 0 atom stereocenters. The van der Waals surface area contributed by atoms with Crippen molar-refractivity contribution in [2.75, 3.05) is 0 Å². The molecule has 2 heterocycles. The van der Waals surface area contributed by atoms with Crippen molar-refractivity contribution in [2.45, 2.75) is 13.8 Å². The Morgan fingerprint density at radius 1 is 0.607 bits per heavy atom. The van der Waals surface area contributed by atoms with E-state index in [-0.39, 0.29) is 0 Å². The molecule has 134 valence electrons. The van der Waals surface area contributed by atoms with E-state index in [1.807, 2.05) is 0 Å². The molecule has 0 bridgehead atoms. The molecule has 2 aromatic heterocycles. The number of H-pyrrole nitrogens is 1. The Bertz CT molecular complexity index is 1510. The minimum atomic E-state index is 1.19. The second-order valence-electron chi connectivity index (χ2n) is 7.74. The fourth-order valence-electron chi connectivity index (χ4n) is 4.53. The normalized spacial score (nSPS) is 11.9. The lowest BCUT2D eigenvalue weighted by Gasteiger charge is -2.08. The summed E-state index contributed by atoms with van der Waals surface area (Å²) in [5.41, 5.74) is 8.65. The third kappa shape index (κ3) is 2.03. The van der Waals surface area contributed by atoms with E-state index >= 15 is 0 Å². The van der Waals surface area contributed by atoms with Crippen LogP contribution in [0.25, 0.3) is 49.3 Å². The minimum absolute atomic E-state index is 1.19. The third-order valence-corrected chi connectivity index (χ3v) is 5.85. The van der Waals surface area contributed by atoms with E-state index in [9.17, 15) is 0 Å². The number of fused-ring (bicyclic) bond motifs is 7. The highest BCUT2D eigenvalue weighted by Crippen LogP contribution is 2.40. The SMILES string of the molecule is Cc1ccc(-n2c3cc(C)ccc3c3c4c(ccc32)[nH]c2ccccc24)cc1. The number of aryl methyl sites for hydroxylation is 2. The highest BCUT2D eigenvalue weighted by atomic mass is 15.0. The molecule has 0 spiro atoms.